The lowest BCUT2D eigenvalue weighted by Gasteiger charge is -2.24. The van der Waals surface area contributed by atoms with Crippen molar-refractivity contribution < 1.29 is 4.74 Å². The summed E-state index contributed by atoms with van der Waals surface area (Å²) in [7, 11) is 1.63. The van der Waals surface area contributed by atoms with E-state index in [0.29, 0.717) is 5.75 Å². The van der Waals surface area contributed by atoms with Crippen LogP contribution >= 0.6 is 0 Å². The molecule has 0 unspecified atom stereocenters. The molecule has 2 N–H and O–H groups in total. The van der Waals surface area contributed by atoms with Gasteiger partial charge < -0.3 is 15.4 Å². The van der Waals surface area contributed by atoms with Crippen molar-refractivity contribution in [1.29, 1.82) is 0 Å². The highest BCUT2D eigenvalue weighted by atomic mass is 16.5. The summed E-state index contributed by atoms with van der Waals surface area (Å²) in [5.74, 6) is 2.14. The summed E-state index contributed by atoms with van der Waals surface area (Å²) in [6.45, 7) is 10.3. The molecule has 0 spiro atoms. The Morgan fingerprint density at radius 3 is 2.28 bits per heavy atom. The lowest BCUT2D eigenvalue weighted by atomic mass is 9.90. The zero-order valence-corrected chi connectivity index (χ0v) is 12.0. The quantitative estimate of drug-likeness (QED) is 0.781. The van der Waals surface area contributed by atoms with E-state index in [1.54, 1.807) is 13.4 Å². The highest BCUT2D eigenvalue weighted by molar-refractivity contribution is 5.63. The monoisotopic (exact) mass is 252 g/mol. The van der Waals surface area contributed by atoms with Gasteiger partial charge in [0.2, 0.25) is 5.75 Å². The fourth-order valence-electron chi connectivity index (χ4n) is 1.43. The fourth-order valence-corrected chi connectivity index (χ4v) is 1.43. The van der Waals surface area contributed by atoms with Gasteiger partial charge in [0.1, 0.15) is 6.33 Å². The largest absolute Gasteiger partial charge is 0.490 e. The number of nitrogens with zero attached hydrogens (tertiary/aromatic N) is 2. The maximum Gasteiger partial charge on any atom is 0.204 e. The van der Waals surface area contributed by atoms with Crippen LogP contribution in [0.4, 0.5) is 11.6 Å². The lowest BCUT2D eigenvalue weighted by Crippen LogP contribution is -2.23. The van der Waals surface area contributed by atoms with Crippen molar-refractivity contribution in [2.45, 2.75) is 34.1 Å². The van der Waals surface area contributed by atoms with Gasteiger partial charge in [-0.3, -0.25) is 0 Å². The standard InChI is InChI=1S/C13H24N4O/c1-6-13(3,4)8-15-12-10(18-5)11(14-7-2)16-9-17-12/h9H,6-8H2,1-5H3,(H2,14,15,16,17). The lowest BCUT2D eigenvalue weighted by molar-refractivity contribution is 0.374. The second-order valence-electron chi connectivity index (χ2n) is 5.01. The van der Waals surface area contributed by atoms with Crippen LogP contribution in [0.5, 0.6) is 5.75 Å². The Labute approximate surface area is 109 Å². The molecule has 1 aromatic heterocycles. The third kappa shape index (κ3) is 3.75. The van der Waals surface area contributed by atoms with Crippen LogP contribution in [0.1, 0.15) is 34.1 Å². The molecule has 0 saturated heterocycles. The summed E-state index contributed by atoms with van der Waals surface area (Å²) < 4.78 is 5.38. The van der Waals surface area contributed by atoms with Crippen molar-refractivity contribution in [1.82, 2.24) is 9.97 Å². The molecular formula is C13H24N4O. The van der Waals surface area contributed by atoms with E-state index >= 15 is 0 Å². The molecule has 0 radical (unpaired) electrons. The van der Waals surface area contributed by atoms with Crippen LogP contribution in [0, 0.1) is 5.41 Å². The van der Waals surface area contributed by atoms with Crippen LogP contribution in [-0.4, -0.2) is 30.2 Å². The van der Waals surface area contributed by atoms with Gasteiger partial charge in [-0.05, 0) is 18.8 Å². The van der Waals surface area contributed by atoms with Gasteiger partial charge >= 0.3 is 0 Å². The summed E-state index contributed by atoms with van der Waals surface area (Å²) >= 11 is 0. The molecule has 0 bridgehead atoms. The van der Waals surface area contributed by atoms with E-state index in [0.717, 1.165) is 31.1 Å². The topological polar surface area (TPSA) is 59.1 Å². The first kappa shape index (κ1) is 14.5. The van der Waals surface area contributed by atoms with E-state index < -0.39 is 0 Å². The number of nitrogens with one attached hydrogen (secondary N) is 2. The Balaban J connectivity index is 2.85. The Kier molecular flexibility index (Phi) is 5.19. The van der Waals surface area contributed by atoms with E-state index in [2.05, 4.69) is 41.4 Å². The van der Waals surface area contributed by atoms with Gasteiger partial charge in [-0.25, -0.2) is 9.97 Å². The first-order valence-electron chi connectivity index (χ1n) is 6.40. The van der Waals surface area contributed by atoms with Crippen LogP contribution in [-0.2, 0) is 0 Å². The Hall–Kier alpha value is -1.52. The van der Waals surface area contributed by atoms with Crippen molar-refractivity contribution in [3.8, 4) is 5.75 Å². The molecule has 0 amide bonds. The van der Waals surface area contributed by atoms with Crippen molar-refractivity contribution >= 4 is 11.6 Å². The Morgan fingerprint density at radius 1 is 1.17 bits per heavy atom. The molecule has 1 aromatic rings. The molecular weight excluding hydrogens is 228 g/mol. The van der Waals surface area contributed by atoms with Crippen molar-refractivity contribution in [3.63, 3.8) is 0 Å². The van der Waals surface area contributed by atoms with Crippen LogP contribution in [0.2, 0.25) is 0 Å². The summed E-state index contributed by atoms with van der Waals surface area (Å²) in [4.78, 5) is 8.42. The predicted octanol–water partition coefficient (Wildman–Crippen LogP) is 2.77. The molecule has 0 fully saturated rings. The van der Waals surface area contributed by atoms with Gasteiger partial charge in [-0.1, -0.05) is 20.8 Å². The zero-order chi connectivity index (χ0) is 13.6. The van der Waals surface area contributed by atoms with Gasteiger partial charge in [0.05, 0.1) is 7.11 Å². The zero-order valence-electron chi connectivity index (χ0n) is 12.0. The predicted molar refractivity (Wildman–Crippen MR) is 75.3 cm³/mol. The SMILES string of the molecule is CCNc1ncnc(NCC(C)(C)CC)c1OC. The fraction of sp³-hybridized carbons (Fsp3) is 0.692. The molecule has 0 atom stereocenters. The number of aromatic nitrogens is 2. The first-order chi connectivity index (χ1) is 8.54. The maximum atomic E-state index is 5.38. The Morgan fingerprint density at radius 2 is 1.78 bits per heavy atom. The molecule has 1 heterocycles. The number of hydrogen-bond donors (Lipinski definition) is 2. The molecule has 0 aliphatic heterocycles. The third-order valence-corrected chi connectivity index (χ3v) is 3.04. The minimum absolute atomic E-state index is 0.230. The van der Waals surface area contributed by atoms with Crippen LogP contribution in [0.25, 0.3) is 0 Å². The molecule has 0 aliphatic rings. The molecule has 0 aliphatic carbocycles. The second-order valence-corrected chi connectivity index (χ2v) is 5.01. The first-order valence-corrected chi connectivity index (χ1v) is 6.40. The molecule has 5 heteroatoms. The summed E-state index contributed by atoms with van der Waals surface area (Å²) in [6.07, 6.45) is 2.65. The van der Waals surface area contributed by atoms with Gasteiger partial charge in [-0.2, -0.15) is 0 Å². The van der Waals surface area contributed by atoms with Gasteiger partial charge in [0, 0.05) is 13.1 Å². The molecule has 1 rings (SSSR count). The smallest absolute Gasteiger partial charge is 0.204 e. The number of ether oxygens (including phenoxy) is 1. The highest BCUT2D eigenvalue weighted by Crippen LogP contribution is 2.30. The Bertz CT molecular complexity index is 379. The van der Waals surface area contributed by atoms with Crippen molar-refractivity contribution in [3.05, 3.63) is 6.33 Å². The third-order valence-electron chi connectivity index (χ3n) is 3.04. The molecule has 102 valence electrons. The summed E-state index contributed by atoms with van der Waals surface area (Å²) in [6, 6.07) is 0. The van der Waals surface area contributed by atoms with Gasteiger partial charge in [0.25, 0.3) is 0 Å². The highest BCUT2D eigenvalue weighted by Gasteiger charge is 2.17. The second kappa shape index (κ2) is 6.42. The van der Waals surface area contributed by atoms with E-state index in [4.69, 9.17) is 4.74 Å². The number of methoxy groups -OCH3 is 1. The molecule has 18 heavy (non-hydrogen) atoms. The maximum absolute atomic E-state index is 5.38. The van der Waals surface area contributed by atoms with Gasteiger partial charge in [0.15, 0.2) is 11.6 Å². The average Bonchev–Trinajstić information content (AvgIpc) is 2.37. The van der Waals surface area contributed by atoms with Crippen molar-refractivity contribution in [2.24, 2.45) is 5.41 Å². The number of anilines is 2. The van der Waals surface area contributed by atoms with E-state index in [1.165, 1.54) is 0 Å². The summed E-state index contributed by atoms with van der Waals surface area (Å²) in [5, 5.41) is 6.50. The van der Waals surface area contributed by atoms with E-state index in [9.17, 15) is 0 Å². The molecule has 0 aromatic carbocycles. The molecule has 5 nitrogen and oxygen atoms in total. The molecule has 0 saturated carbocycles. The van der Waals surface area contributed by atoms with Crippen LogP contribution < -0.4 is 15.4 Å². The van der Waals surface area contributed by atoms with Crippen LogP contribution in [0.15, 0.2) is 6.33 Å². The van der Waals surface area contributed by atoms with Crippen molar-refractivity contribution in [2.75, 3.05) is 30.8 Å². The minimum atomic E-state index is 0.230. The minimum Gasteiger partial charge on any atom is -0.490 e. The van der Waals surface area contributed by atoms with E-state index in [1.807, 2.05) is 6.92 Å². The van der Waals surface area contributed by atoms with E-state index in [-0.39, 0.29) is 5.41 Å². The number of hydrogen-bond acceptors (Lipinski definition) is 5. The summed E-state index contributed by atoms with van der Waals surface area (Å²) in [5.41, 5.74) is 0.230. The average molecular weight is 252 g/mol. The normalized spacial score (nSPS) is 11.2. The number of rotatable bonds is 7. The van der Waals surface area contributed by atoms with Crippen LogP contribution in [0.3, 0.4) is 0 Å². The van der Waals surface area contributed by atoms with Gasteiger partial charge in [-0.15, -0.1) is 0 Å².